The van der Waals surface area contributed by atoms with Gasteiger partial charge >= 0.3 is 0 Å². The van der Waals surface area contributed by atoms with Gasteiger partial charge in [0.25, 0.3) is 0 Å². The molecule has 0 aliphatic heterocycles. The average Bonchev–Trinajstić information content (AvgIpc) is 3.36. The second kappa shape index (κ2) is 6.46. The van der Waals surface area contributed by atoms with Crippen molar-refractivity contribution in [1.82, 2.24) is 9.97 Å². The first kappa shape index (κ1) is 17.0. The molecule has 1 aliphatic rings. The first-order chi connectivity index (χ1) is 13.6. The topological polar surface area (TPSA) is 68.1 Å². The van der Waals surface area contributed by atoms with Crippen LogP contribution in [0, 0.1) is 6.92 Å². The minimum absolute atomic E-state index is 0.0201. The van der Waals surface area contributed by atoms with Crippen LogP contribution in [0.1, 0.15) is 29.2 Å². The molecule has 140 valence electrons. The molecular formula is C23H20N2O3. The Bertz CT molecular complexity index is 1240. The molecule has 5 rings (SSSR count). The second-order valence-corrected chi connectivity index (χ2v) is 7.30. The first-order valence-electron chi connectivity index (χ1n) is 9.36. The predicted molar refractivity (Wildman–Crippen MR) is 108 cm³/mol. The third kappa shape index (κ3) is 2.67. The number of rotatable bonds is 3. The molecule has 0 radical (unpaired) electrons. The van der Waals surface area contributed by atoms with Crippen LogP contribution in [0.3, 0.4) is 0 Å². The number of hydrogen-bond acceptors (Lipinski definition) is 4. The third-order valence-electron chi connectivity index (χ3n) is 5.64. The maximum Gasteiger partial charge on any atom is 0.190 e. The van der Waals surface area contributed by atoms with E-state index in [1.165, 1.54) is 17.5 Å². The second-order valence-electron chi connectivity index (χ2n) is 7.30. The highest BCUT2D eigenvalue weighted by molar-refractivity contribution is 5.87. The Balaban J connectivity index is 1.65. The Morgan fingerprint density at radius 1 is 1.21 bits per heavy atom. The fourth-order valence-electron chi connectivity index (χ4n) is 4.15. The Labute approximate surface area is 162 Å². The maximum atomic E-state index is 12.9. The number of fused-ring (bicyclic) bond motifs is 2. The van der Waals surface area contributed by atoms with Crippen LogP contribution in [-0.4, -0.2) is 17.1 Å². The molecule has 28 heavy (non-hydrogen) atoms. The fourth-order valence-corrected chi connectivity index (χ4v) is 4.15. The molecule has 2 heterocycles. The highest BCUT2D eigenvalue weighted by atomic mass is 16.5. The molecule has 0 spiro atoms. The van der Waals surface area contributed by atoms with Crippen LogP contribution in [0.2, 0.25) is 0 Å². The molecule has 5 nitrogen and oxygen atoms in total. The van der Waals surface area contributed by atoms with Gasteiger partial charge < -0.3 is 14.1 Å². The smallest absolute Gasteiger partial charge is 0.190 e. The number of aryl methyl sites for hydroxylation is 2. The number of benzene rings is 2. The summed E-state index contributed by atoms with van der Waals surface area (Å²) in [7, 11) is 1.75. The van der Waals surface area contributed by atoms with E-state index in [1.54, 1.807) is 19.4 Å². The molecular weight excluding hydrogens is 352 g/mol. The predicted octanol–water partition coefficient (Wildman–Crippen LogP) is 4.79. The maximum absolute atomic E-state index is 12.9. The summed E-state index contributed by atoms with van der Waals surface area (Å²) >= 11 is 0. The lowest BCUT2D eigenvalue weighted by Crippen LogP contribution is -2.04. The number of nitrogens with zero attached hydrogens (tertiary/aromatic N) is 1. The number of ether oxygens (including phenoxy) is 1. The van der Waals surface area contributed by atoms with Crippen LogP contribution in [0.5, 0.6) is 0 Å². The van der Waals surface area contributed by atoms with Gasteiger partial charge in [-0.05, 0) is 60.2 Å². The molecule has 0 fully saturated rings. The Morgan fingerprint density at radius 3 is 2.89 bits per heavy atom. The Morgan fingerprint density at radius 2 is 2.11 bits per heavy atom. The molecule has 1 aliphatic carbocycles. The van der Waals surface area contributed by atoms with Gasteiger partial charge in [0.15, 0.2) is 17.6 Å². The van der Waals surface area contributed by atoms with Gasteiger partial charge in [-0.15, -0.1) is 0 Å². The summed E-state index contributed by atoms with van der Waals surface area (Å²) in [5, 5.41) is 0.636. The highest BCUT2D eigenvalue weighted by Gasteiger charge is 2.22. The quantitative estimate of drug-likeness (QED) is 0.561. The largest absolute Gasteiger partial charge is 0.444 e. The van der Waals surface area contributed by atoms with Crippen molar-refractivity contribution >= 4 is 10.9 Å². The number of hydrogen-bond donors (Lipinski definition) is 1. The molecule has 4 aromatic rings. The lowest BCUT2D eigenvalue weighted by Gasteiger charge is -2.12. The van der Waals surface area contributed by atoms with Crippen molar-refractivity contribution in [3.05, 3.63) is 75.9 Å². The SMILES string of the molecule is COC1CCc2ccc(-c3cc(=O)c4cc(-c5cnco5)c(C)cc4[nH]3)cc21. The zero-order chi connectivity index (χ0) is 19.3. The molecule has 1 atom stereocenters. The van der Waals surface area contributed by atoms with Crippen molar-refractivity contribution in [3.63, 3.8) is 0 Å². The van der Waals surface area contributed by atoms with Crippen LogP contribution < -0.4 is 5.43 Å². The van der Waals surface area contributed by atoms with Crippen molar-refractivity contribution in [3.8, 4) is 22.6 Å². The molecule has 0 amide bonds. The van der Waals surface area contributed by atoms with E-state index in [0.717, 1.165) is 40.7 Å². The van der Waals surface area contributed by atoms with Crippen LogP contribution in [0.15, 0.2) is 58.2 Å². The molecule has 1 N–H and O–H groups in total. The highest BCUT2D eigenvalue weighted by Crippen LogP contribution is 2.36. The summed E-state index contributed by atoms with van der Waals surface area (Å²) in [4.78, 5) is 20.3. The summed E-state index contributed by atoms with van der Waals surface area (Å²) in [5.41, 5.74) is 7.05. The number of aromatic nitrogens is 2. The van der Waals surface area contributed by atoms with E-state index < -0.39 is 0 Å². The van der Waals surface area contributed by atoms with Gasteiger partial charge in [-0.25, -0.2) is 4.98 Å². The molecule has 2 aromatic carbocycles. The van der Waals surface area contributed by atoms with Gasteiger partial charge in [-0.2, -0.15) is 0 Å². The van der Waals surface area contributed by atoms with Gasteiger partial charge in [0, 0.05) is 29.8 Å². The number of methoxy groups -OCH3 is 1. The lowest BCUT2D eigenvalue weighted by molar-refractivity contribution is 0.105. The van der Waals surface area contributed by atoms with E-state index in [0.29, 0.717) is 11.1 Å². The van der Waals surface area contributed by atoms with Crippen molar-refractivity contribution in [2.75, 3.05) is 7.11 Å². The van der Waals surface area contributed by atoms with E-state index in [4.69, 9.17) is 9.15 Å². The zero-order valence-corrected chi connectivity index (χ0v) is 15.8. The third-order valence-corrected chi connectivity index (χ3v) is 5.64. The van der Waals surface area contributed by atoms with E-state index in [-0.39, 0.29) is 11.5 Å². The van der Waals surface area contributed by atoms with Gasteiger partial charge in [-0.1, -0.05) is 12.1 Å². The van der Waals surface area contributed by atoms with Crippen LogP contribution in [0.25, 0.3) is 33.5 Å². The number of pyridine rings is 1. The molecule has 5 heteroatoms. The summed E-state index contributed by atoms with van der Waals surface area (Å²) in [6.07, 6.45) is 5.23. The average molecular weight is 372 g/mol. The van der Waals surface area contributed by atoms with Crippen molar-refractivity contribution < 1.29 is 9.15 Å². The summed E-state index contributed by atoms with van der Waals surface area (Å²) in [6, 6.07) is 11.9. The number of aromatic amines is 1. The van der Waals surface area contributed by atoms with Crippen molar-refractivity contribution in [2.45, 2.75) is 25.9 Å². The molecule has 0 bridgehead atoms. The molecule has 0 saturated heterocycles. The van der Waals surface area contributed by atoms with Gasteiger partial charge in [-0.3, -0.25) is 4.79 Å². The Kier molecular flexibility index (Phi) is 3.91. The Hall–Kier alpha value is -3.18. The minimum Gasteiger partial charge on any atom is -0.444 e. The normalized spacial score (nSPS) is 15.9. The summed E-state index contributed by atoms with van der Waals surface area (Å²) < 4.78 is 11.0. The van der Waals surface area contributed by atoms with Crippen molar-refractivity contribution in [2.24, 2.45) is 0 Å². The summed E-state index contributed by atoms with van der Waals surface area (Å²) in [5.74, 6) is 0.659. The van der Waals surface area contributed by atoms with Crippen LogP contribution in [-0.2, 0) is 11.2 Å². The van der Waals surface area contributed by atoms with E-state index in [2.05, 4.69) is 28.2 Å². The standard InChI is InChI=1S/C23H20N2O3/c1-13-7-20-18(9-16(13)23-11-24-12-28-23)21(26)10-19(25-20)15-4-3-14-5-6-22(27-2)17(14)8-15/h3-4,7-12,22H,5-6H2,1-2H3,(H,25,26). The molecule has 1 unspecified atom stereocenters. The van der Waals surface area contributed by atoms with E-state index in [9.17, 15) is 4.79 Å². The van der Waals surface area contributed by atoms with Gasteiger partial charge in [0.2, 0.25) is 0 Å². The summed E-state index contributed by atoms with van der Waals surface area (Å²) in [6.45, 7) is 2.00. The molecule has 2 aromatic heterocycles. The van der Waals surface area contributed by atoms with Crippen LogP contribution in [0.4, 0.5) is 0 Å². The minimum atomic E-state index is -0.0201. The van der Waals surface area contributed by atoms with Gasteiger partial charge in [0.05, 0.1) is 17.8 Å². The molecule has 0 saturated carbocycles. The van der Waals surface area contributed by atoms with Gasteiger partial charge in [0.1, 0.15) is 0 Å². The van der Waals surface area contributed by atoms with Crippen LogP contribution >= 0.6 is 0 Å². The van der Waals surface area contributed by atoms with Crippen molar-refractivity contribution in [1.29, 1.82) is 0 Å². The lowest BCUT2D eigenvalue weighted by atomic mass is 10.00. The van der Waals surface area contributed by atoms with E-state index >= 15 is 0 Å². The zero-order valence-electron chi connectivity index (χ0n) is 15.8. The van der Waals surface area contributed by atoms with E-state index in [1.807, 2.05) is 19.1 Å². The fraction of sp³-hybridized carbons (Fsp3) is 0.217. The number of nitrogens with one attached hydrogen (secondary N) is 1. The number of oxazole rings is 1. The first-order valence-corrected chi connectivity index (χ1v) is 9.36. The number of H-pyrrole nitrogens is 1. The monoisotopic (exact) mass is 372 g/mol.